The Morgan fingerprint density at radius 3 is 2.67 bits per heavy atom. The Morgan fingerprint density at radius 1 is 1.29 bits per heavy atom. The van der Waals surface area contributed by atoms with Gasteiger partial charge in [-0.3, -0.25) is 0 Å². The van der Waals surface area contributed by atoms with Crippen LogP contribution in [0.5, 0.6) is 0 Å². The van der Waals surface area contributed by atoms with Crippen LogP contribution < -0.4 is 5.32 Å². The summed E-state index contributed by atoms with van der Waals surface area (Å²) in [5, 5.41) is 7.46. The second kappa shape index (κ2) is 7.95. The zero-order valence-electron chi connectivity index (χ0n) is 13.9. The molecule has 1 heterocycles. The summed E-state index contributed by atoms with van der Waals surface area (Å²) in [4.78, 5) is 0. The van der Waals surface area contributed by atoms with E-state index in [1.807, 2.05) is 6.07 Å². The molecule has 2 atom stereocenters. The maximum atomic E-state index is 6.01. The molecular formula is C17H30N2O2. The second-order valence-electron chi connectivity index (χ2n) is 7.16. The smallest absolute Gasteiger partial charge is 0.162 e. The quantitative estimate of drug-likeness (QED) is 0.831. The lowest BCUT2D eigenvalue weighted by molar-refractivity contribution is -0.0172. The molecule has 0 aliphatic heterocycles. The lowest BCUT2D eigenvalue weighted by Gasteiger charge is -2.31. The van der Waals surface area contributed by atoms with Crippen LogP contribution in [0.3, 0.4) is 0 Å². The van der Waals surface area contributed by atoms with Gasteiger partial charge in [0.15, 0.2) is 5.76 Å². The summed E-state index contributed by atoms with van der Waals surface area (Å²) in [6.07, 6.45) is 4.03. The van der Waals surface area contributed by atoms with Gasteiger partial charge in [0.25, 0.3) is 0 Å². The van der Waals surface area contributed by atoms with Crippen molar-refractivity contribution in [3.8, 4) is 0 Å². The Kier molecular flexibility index (Phi) is 6.24. The predicted octanol–water partition coefficient (Wildman–Crippen LogP) is 3.76. The van der Waals surface area contributed by atoms with E-state index < -0.39 is 0 Å². The molecule has 0 bridgehead atoms. The molecule has 1 aromatic rings. The Hall–Kier alpha value is -0.870. The first-order valence-electron chi connectivity index (χ1n) is 8.29. The van der Waals surface area contributed by atoms with E-state index in [9.17, 15) is 0 Å². The van der Waals surface area contributed by atoms with Crippen LogP contribution in [0, 0.1) is 17.8 Å². The summed E-state index contributed by atoms with van der Waals surface area (Å²) in [5.41, 5.74) is 0.958. The number of hydrogen-bond donors (Lipinski definition) is 1. The van der Waals surface area contributed by atoms with E-state index in [2.05, 4.69) is 38.2 Å². The van der Waals surface area contributed by atoms with Crippen molar-refractivity contribution in [3.63, 3.8) is 0 Å². The van der Waals surface area contributed by atoms with Gasteiger partial charge in [0.1, 0.15) is 6.61 Å². The van der Waals surface area contributed by atoms with Gasteiger partial charge in [-0.05, 0) is 43.6 Å². The standard InChI is InChI=1S/C17H30N2O2/c1-12(2)9-18-10-15-8-17(21-19-15)11-20-16-6-13(3)5-14(4)7-16/h8,12-14,16,18H,5-7,9-11H2,1-4H3. The van der Waals surface area contributed by atoms with Crippen molar-refractivity contribution in [2.45, 2.75) is 66.2 Å². The molecule has 1 aromatic heterocycles. The van der Waals surface area contributed by atoms with E-state index in [-0.39, 0.29) is 0 Å². The summed E-state index contributed by atoms with van der Waals surface area (Å²) in [5.74, 6) is 3.02. The average Bonchev–Trinajstić information content (AvgIpc) is 2.83. The number of nitrogens with zero attached hydrogens (tertiary/aromatic N) is 1. The van der Waals surface area contributed by atoms with Gasteiger partial charge in [-0.25, -0.2) is 0 Å². The van der Waals surface area contributed by atoms with Gasteiger partial charge in [-0.2, -0.15) is 0 Å². The highest BCUT2D eigenvalue weighted by Crippen LogP contribution is 2.30. The van der Waals surface area contributed by atoms with Crippen LogP contribution in [0.25, 0.3) is 0 Å². The summed E-state index contributed by atoms with van der Waals surface area (Å²) >= 11 is 0. The third-order valence-corrected chi connectivity index (χ3v) is 4.06. The highest BCUT2D eigenvalue weighted by molar-refractivity contribution is 5.04. The van der Waals surface area contributed by atoms with E-state index in [0.29, 0.717) is 18.6 Å². The zero-order chi connectivity index (χ0) is 15.2. The topological polar surface area (TPSA) is 47.3 Å². The van der Waals surface area contributed by atoms with Crippen molar-refractivity contribution in [3.05, 3.63) is 17.5 Å². The molecule has 4 nitrogen and oxygen atoms in total. The van der Waals surface area contributed by atoms with Crippen LogP contribution in [0.15, 0.2) is 10.6 Å². The molecule has 0 aromatic carbocycles. The van der Waals surface area contributed by atoms with Gasteiger partial charge in [0, 0.05) is 12.6 Å². The van der Waals surface area contributed by atoms with Crippen molar-refractivity contribution in [1.29, 1.82) is 0 Å². The molecule has 0 radical (unpaired) electrons. The molecule has 1 fully saturated rings. The minimum atomic E-state index is 0.372. The molecule has 0 amide bonds. The maximum Gasteiger partial charge on any atom is 0.162 e. The van der Waals surface area contributed by atoms with Gasteiger partial charge in [0.2, 0.25) is 0 Å². The third-order valence-electron chi connectivity index (χ3n) is 4.06. The van der Waals surface area contributed by atoms with E-state index in [0.717, 1.165) is 36.4 Å². The Labute approximate surface area is 128 Å². The first kappa shape index (κ1) is 16.5. The molecule has 2 unspecified atom stereocenters. The first-order chi connectivity index (χ1) is 10.0. The minimum absolute atomic E-state index is 0.372. The SMILES string of the molecule is CC(C)CNCc1cc(COC2CC(C)CC(C)C2)on1. The van der Waals surface area contributed by atoms with Crippen molar-refractivity contribution < 1.29 is 9.26 Å². The molecule has 21 heavy (non-hydrogen) atoms. The molecule has 4 heteroatoms. The summed E-state index contributed by atoms with van der Waals surface area (Å²) in [7, 11) is 0. The average molecular weight is 294 g/mol. The van der Waals surface area contributed by atoms with Crippen LogP contribution in [-0.4, -0.2) is 17.8 Å². The second-order valence-corrected chi connectivity index (χ2v) is 7.16. The Balaban J connectivity index is 1.72. The van der Waals surface area contributed by atoms with Crippen LogP contribution in [-0.2, 0) is 17.9 Å². The Morgan fingerprint density at radius 2 is 2.00 bits per heavy atom. The fourth-order valence-electron chi connectivity index (χ4n) is 3.21. The van der Waals surface area contributed by atoms with Crippen LogP contribution >= 0.6 is 0 Å². The van der Waals surface area contributed by atoms with Crippen molar-refractivity contribution in [2.75, 3.05) is 6.54 Å². The minimum Gasteiger partial charge on any atom is -0.370 e. The fraction of sp³-hybridized carbons (Fsp3) is 0.824. The molecule has 1 N–H and O–H groups in total. The number of ether oxygens (including phenoxy) is 1. The lowest BCUT2D eigenvalue weighted by atomic mass is 9.82. The van der Waals surface area contributed by atoms with Gasteiger partial charge in [-0.15, -0.1) is 0 Å². The number of hydrogen-bond acceptors (Lipinski definition) is 4. The number of rotatable bonds is 7. The van der Waals surface area contributed by atoms with Gasteiger partial charge < -0.3 is 14.6 Å². The maximum absolute atomic E-state index is 6.01. The van der Waals surface area contributed by atoms with Gasteiger partial charge >= 0.3 is 0 Å². The molecule has 2 rings (SSSR count). The summed E-state index contributed by atoms with van der Waals surface area (Å²) in [6.45, 7) is 11.3. The molecule has 1 aliphatic carbocycles. The monoisotopic (exact) mass is 294 g/mol. The molecule has 0 spiro atoms. The van der Waals surface area contributed by atoms with Crippen LogP contribution in [0.1, 0.15) is 58.4 Å². The van der Waals surface area contributed by atoms with Crippen LogP contribution in [0.4, 0.5) is 0 Å². The summed E-state index contributed by atoms with van der Waals surface area (Å²) < 4.78 is 11.4. The number of nitrogens with one attached hydrogen (secondary N) is 1. The molecule has 1 saturated carbocycles. The molecule has 1 aliphatic rings. The van der Waals surface area contributed by atoms with E-state index in [4.69, 9.17) is 9.26 Å². The van der Waals surface area contributed by atoms with E-state index >= 15 is 0 Å². The Bertz CT molecular complexity index is 407. The van der Waals surface area contributed by atoms with Crippen LogP contribution in [0.2, 0.25) is 0 Å². The third kappa shape index (κ3) is 5.79. The highest BCUT2D eigenvalue weighted by atomic mass is 16.5. The van der Waals surface area contributed by atoms with E-state index in [1.165, 1.54) is 19.3 Å². The predicted molar refractivity (Wildman–Crippen MR) is 83.8 cm³/mol. The zero-order valence-corrected chi connectivity index (χ0v) is 13.9. The first-order valence-corrected chi connectivity index (χ1v) is 8.29. The van der Waals surface area contributed by atoms with Crippen molar-refractivity contribution in [2.24, 2.45) is 17.8 Å². The van der Waals surface area contributed by atoms with Crippen molar-refractivity contribution in [1.82, 2.24) is 10.5 Å². The largest absolute Gasteiger partial charge is 0.370 e. The van der Waals surface area contributed by atoms with Gasteiger partial charge in [0.05, 0.1) is 11.8 Å². The van der Waals surface area contributed by atoms with Gasteiger partial charge in [-0.1, -0.05) is 32.9 Å². The highest BCUT2D eigenvalue weighted by Gasteiger charge is 2.24. The normalized spacial score (nSPS) is 26.4. The molecule has 120 valence electrons. The fourth-order valence-corrected chi connectivity index (χ4v) is 3.21. The molecular weight excluding hydrogens is 264 g/mol. The molecule has 0 saturated heterocycles. The summed E-state index contributed by atoms with van der Waals surface area (Å²) in [6, 6.07) is 2.00. The van der Waals surface area contributed by atoms with Crippen molar-refractivity contribution >= 4 is 0 Å². The lowest BCUT2D eigenvalue weighted by Crippen LogP contribution is -2.26. The van der Waals surface area contributed by atoms with E-state index in [1.54, 1.807) is 0 Å². The number of aromatic nitrogens is 1.